The molecule has 0 radical (unpaired) electrons. The van der Waals surface area contributed by atoms with Crippen LogP contribution in [-0.4, -0.2) is 18.5 Å². The fourth-order valence-corrected chi connectivity index (χ4v) is 2.64. The second-order valence-electron chi connectivity index (χ2n) is 5.74. The fraction of sp³-hybridized carbons (Fsp3) is 0.158. The number of fused-ring (bicyclic) bond motifs is 1. The molecular formula is C19H16ClNO4. The average molecular weight is 358 g/mol. The fourth-order valence-electron chi connectivity index (χ4n) is 2.46. The number of nitrogens with one attached hydrogen (secondary N) is 1. The van der Waals surface area contributed by atoms with Gasteiger partial charge in [-0.3, -0.25) is 4.79 Å². The SMILES string of the molecule is Cc1ccc(NC(=O)COC(=O)c2cc3cc(Cl)ccc3o2)c(C)c1. The Morgan fingerprint density at radius 1 is 1.12 bits per heavy atom. The smallest absolute Gasteiger partial charge is 0.374 e. The molecule has 3 aromatic rings. The van der Waals surface area contributed by atoms with Crippen LogP contribution in [0.15, 0.2) is 46.9 Å². The Morgan fingerprint density at radius 2 is 1.92 bits per heavy atom. The average Bonchev–Trinajstić information content (AvgIpc) is 2.98. The number of halogens is 1. The van der Waals surface area contributed by atoms with Crippen molar-refractivity contribution >= 4 is 40.1 Å². The van der Waals surface area contributed by atoms with E-state index < -0.39 is 18.5 Å². The number of aryl methyl sites for hydroxylation is 2. The number of carbonyl (C=O) groups is 2. The molecule has 0 saturated carbocycles. The zero-order valence-corrected chi connectivity index (χ0v) is 14.5. The Bertz CT molecular complexity index is 961. The third-order valence-electron chi connectivity index (χ3n) is 3.67. The van der Waals surface area contributed by atoms with E-state index in [1.807, 2.05) is 32.0 Å². The first-order chi connectivity index (χ1) is 11.9. The molecule has 0 aliphatic heterocycles. The van der Waals surface area contributed by atoms with Crippen LogP contribution in [0.5, 0.6) is 0 Å². The zero-order chi connectivity index (χ0) is 18.0. The molecule has 0 unspecified atom stereocenters. The summed E-state index contributed by atoms with van der Waals surface area (Å²) in [4.78, 5) is 24.0. The van der Waals surface area contributed by atoms with Gasteiger partial charge in [0.15, 0.2) is 6.61 Å². The summed E-state index contributed by atoms with van der Waals surface area (Å²) >= 11 is 5.90. The van der Waals surface area contributed by atoms with Gasteiger partial charge < -0.3 is 14.5 Å². The molecule has 25 heavy (non-hydrogen) atoms. The van der Waals surface area contributed by atoms with Gasteiger partial charge in [0.25, 0.3) is 5.91 Å². The van der Waals surface area contributed by atoms with Gasteiger partial charge in [0.2, 0.25) is 5.76 Å². The van der Waals surface area contributed by atoms with E-state index in [1.165, 1.54) is 6.07 Å². The Kier molecular flexibility index (Phi) is 4.76. The maximum Gasteiger partial charge on any atom is 0.374 e. The van der Waals surface area contributed by atoms with Crippen LogP contribution >= 0.6 is 11.6 Å². The normalized spacial score (nSPS) is 10.7. The second-order valence-corrected chi connectivity index (χ2v) is 6.17. The van der Waals surface area contributed by atoms with E-state index in [1.54, 1.807) is 18.2 Å². The number of carbonyl (C=O) groups excluding carboxylic acids is 2. The number of hydrogen-bond acceptors (Lipinski definition) is 4. The van der Waals surface area contributed by atoms with Crippen LogP contribution in [0.4, 0.5) is 5.69 Å². The predicted octanol–water partition coefficient (Wildman–Crippen LogP) is 4.50. The third kappa shape index (κ3) is 4.00. The van der Waals surface area contributed by atoms with Gasteiger partial charge in [0, 0.05) is 16.1 Å². The van der Waals surface area contributed by atoms with Crippen LogP contribution in [0, 0.1) is 13.8 Å². The first-order valence-corrected chi connectivity index (χ1v) is 8.03. The molecule has 0 saturated heterocycles. The van der Waals surface area contributed by atoms with Crippen molar-refractivity contribution in [2.75, 3.05) is 11.9 Å². The van der Waals surface area contributed by atoms with Gasteiger partial charge in [0.1, 0.15) is 5.58 Å². The van der Waals surface area contributed by atoms with E-state index in [-0.39, 0.29) is 5.76 Å². The van der Waals surface area contributed by atoms with Crippen molar-refractivity contribution in [3.8, 4) is 0 Å². The van der Waals surface area contributed by atoms with Crippen LogP contribution in [0.2, 0.25) is 5.02 Å². The summed E-state index contributed by atoms with van der Waals surface area (Å²) in [5.74, 6) is -1.10. The highest BCUT2D eigenvalue weighted by Gasteiger charge is 2.16. The summed E-state index contributed by atoms with van der Waals surface area (Å²) in [7, 11) is 0. The van der Waals surface area contributed by atoms with Crippen LogP contribution in [0.25, 0.3) is 11.0 Å². The van der Waals surface area contributed by atoms with Crippen molar-refractivity contribution in [2.24, 2.45) is 0 Å². The first kappa shape index (κ1) is 17.0. The number of esters is 1. The number of benzene rings is 2. The molecule has 1 N–H and O–H groups in total. The van der Waals surface area contributed by atoms with E-state index in [2.05, 4.69) is 5.32 Å². The maximum absolute atomic E-state index is 12.0. The summed E-state index contributed by atoms with van der Waals surface area (Å²) in [5.41, 5.74) is 3.25. The van der Waals surface area contributed by atoms with E-state index in [0.29, 0.717) is 21.7 Å². The largest absolute Gasteiger partial charge is 0.450 e. The van der Waals surface area contributed by atoms with Crippen LogP contribution in [0.1, 0.15) is 21.7 Å². The molecule has 0 aliphatic carbocycles. The van der Waals surface area contributed by atoms with Gasteiger partial charge >= 0.3 is 5.97 Å². The quantitative estimate of drug-likeness (QED) is 0.698. The number of furan rings is 1. The van der Waals surface area contributed by atoms with Crippen molar-refractivity contribution in [1.82, 2.24) is 0 Å². The third-order valence-corrected chi connectivity index (χ3v) is 3.90. The molecular weight excluding hydrogens is 342 g/mol. The molecule has 1 heterocycles. The summed E-state index contributed by atoms with van der Waals surface area (Å²) in [6, 6.07) is 12.2. The van der Waals surface area contributed by atoms with Gasteiger partial charge in [-0.1, -0.05) is 29.3 Å². The van der Waals surface area contributed by atoms with Gasteiger partial charge in [-0.05, 0) is 49.7 Å². The van der Waals surface area contributed by atoms with Gasteiger partial charge in [-0.2, -0.15) is 0 Å². The Balaban J connectivity index is 1.61. The molecule has 0 spiro atoms. The molecule has 0 bridgehead atoms. The molecule has 5 nitrogen and oxygen atoms in total. The lowest BCUT2D eigenvalue weighted by atomic mass is 10.1. The minimum absolute atomic E-state index is 0.0246. The number of rotatable bonds is 4. The first-order valence-electron chi connectivity index (χ1n) is 7.66. The molecule has 1 aromatic heterocycles. The Labute approximate surface area is 149 Å². The molecule has 0 aliphatic rings. The standard InChI is InChI=1S/C19H16ClNO4/c1-11-3-5-15(12(2)7-11)21-18(22)10-24-19(23)17-9-13-8-14(20)4-6-16(13)25-17/h3-9H,10H2,1-2H3,(H,21,22). The highest BCUT2D eigenvalue weighted by molar-refractivity contribution is 6.31. The van der Waals surface area contributed by atoms with Crippen molar-refractivity contribution < 1.29 is 18.7 Å². The molecule has 128 valence electrons. The van der Waals surface area contributed by atoms with Crippen molar-refractivity contribution in [1.29, 1.82) is 0 Å². The van der Waals surface area contributed by atoms with E-state index in [0.717, 1.165) is 11.1 Å². The van der Waals surface area contributed by atoms with Crippen LogP contribution in [-0.2, 0) is 9.53 Å². The lowest BCUT2D eigenvalue weighted by molar-refractivity contribution is -0.119. The summed E-state index contributed by atoms with van der Waals surface area (Å²) in [6.45, 7) is 3.47. The lowest BCUT2D eigenvalue weighted by Gasteiger charge is -2.09. The number of amides is 1. The molecule has 0 atom stereocenters. The molecule has 1 amide bonds. The van der Waals surface area contributed by atoms with Crippen molar-refractivity contribution in [3.05, 3.63) is 64.4 Å². The van der Waals surface area contributed by atoms with Crippen molar-refractivity contribution in [3.63, 3.8) is 0 Å². The zero-order valence-electron chi connectivity index (χ0n) is 13.8. The topological polar surface area (TPSA) is 68.5 Å². The number of ether oxygens (including phenoxy) is 1. The molecule has 2 aromatic carbocycles. The summed E-state index contributed by atoms with van der Waals surface area (Å²) in [6.07, 6.45) is 0. The Morgan fingerprint density at radius 3 is 2.68 bits per heavy atom. The second kappa shape index (κ2) is 6.99. The van der Waals surface area contributed by atoms with Crippen molar-refractivity contribution in [2.45, 2.75) is 13.8 Å². The Hall–Kier alpha value is -2.79. The lowest BCUT2D eigenvalue weighted by Crippen LogP contribution is -2.21. The van der Waals surface area contributed by atoms with Gasteiger partial charge in [-0.15, -0.1) is 0 Å². The maximum atomic E-state index is 12.0. The molecule has 6 heteroatoms. The highest BCUT2D eigenvalue weighted by atomic mass is 35.5. The van der Waals surface area contributed by atoms with Crippen LogP contribution < -0.4 is 5.32 Å². The van der Waals surface area contributed by atoms with E-state index >= 15 is 0 Å². The molecule has 3 rings (SSSR count). The van der Waals surface area contributed by atoms with Gasteiger partial charge in [0.05, 0.1) is 0 Å². The minimum Gasteiger partial charge on any atom is -0.450 e. The van der Waals surface area contributed by atoms with Gasteiger partial charge in [-0.25, -0.2) is 4.79 Å². The predicted molar refractivity (Wildman–Crippen MR) is 96.1 cm³/mol. The number of hydrogen-bond donors (Lipinski definition) is 1. The summed E-state index contributed by atoms with van der Waals surface area (Å²) in [5, 5.41) is 3.95. The summed E-state index contributed by atoms with van der Waals surface area (Å²) < 4.78 is 10.4. The van der Waals surface area contributed by atoms with E-state index in [9.17, 15) is 9.59 Å². The molecule has 0 fully saturated rings. The van der Waals surface area contributed by atoms with E-state index in [4.69, 9.17) is 20.8 Å². The highest BCUT2D eigenvalue weighted by Crippen LogP contribution is 2.23. The monoisotopic (exact) mass is 357 g/mol. The number of anilines is 1. The van der Waals surface area contributed by atoms with Crippen LogP contribution in [0.3, 0.4) is 0 Å². The minimum atomic E-state index is -0.705.